The number of ether oxygens (including phenoxy) is 1. The largest absolute Gasteiger partial charge is 0.460 e. The van der Waals surface area contributed by atoms with Crippen LogP contribution in [0.2, 0.25) is 0 Å². The molecule has 1 aromatic heterocycles. The number of imidazole rings is 1. The molecule has 0 saturated carbocycles. The first-order valence-corrected chi connectivity index (χ1v) is 9.41. The van der Waals surface area contributed by atoms with E-state index in [0.29, 0.717) is 0 Å². The van der Waals surface area contributed by atoms with Crippen molar-refractivity contribution in [2.75, 3.05) is 6.54 Å². The van der Waals surface area contributed by atoms with Crippen molar-refractivity contribution in [2.45, 2.75) is 19.6 Å². The number of nitrogens with one attached hydrogen (secondary N) is 3. The first kappa shape index (κ1) is 20.8. The zero-order valence-corrected chi connectivity index (χ0v) is 16.4. The lowest BCUT2D eigenvalue weighted by molar-refractivity contribution is -0.143. The summed E-state index contributed by atoms with van der Waals surface area (Å²) < 4.78 is 5.12. The van der Waals surface area contributed by atoms with E-state index < -0.39 is 17.8 Å². The molecule has 30 heavy (non-hydrogen) atoms. The molecule has 3 rings (SSSR count). The molecule has 8 nitrogen and oxygen atoms in total. The Labute approximate surface area is 173 Å². The van der Waals surface area contributed by atoms with E-state index in [2.05, 4.69) is 20.6 Å². The summed E-state index contributed by atoms with van der Waals surface area (Å²) in [4.78, 5) is 43.4. The molecule has 1 atom stereocenters. The molecule has 154 valence electrons. The van der Waals surface area contributed by atoms with Crippen molar-refractivity contribution in [2.24, 2.45) is 0 Å². The van der Waals surface area contributed by atoms with Gasteiger partial charge in [0.2, 0.25) is 0 Å². The Balaban J connectivity index is 1.53. The molecule has 0 bridgehead atoms. The number of aromatic amines is 1. The SMILES string of the molecule is C[C@H](NC(=O)c1nc[nH]c1C(=O)NCC(=O)OCc1ccccc1)c1ccccc1. The van der Waals surface area contributed by atoms with Crippen molar-refractivity contribution in [3.63, 3.8) is 0 Å². The molecule has 0 aliphatic carbocycles. The third kappa shape index (κ3) is 5.54. The van der Waals surface area contributed by atoms with Gasteiger partial charge < -0.3 is 20.4 Å². The fraction of sp³-hybridized carbons (Fsp3) is 0.182. The Hall–Kier alpha value is -3.94. The third-order valence-corrected chi connectivity index (χ3v) is 4.36. The van der Waals surface area contributed by atoms with Crippen LogP contribution in [0.5, 0.6) is 0 Å². The van der Waals surface area contributed by atoms with Gasteiger partial charge in [-0.3, -0.25) is 14.4 Å². The molecule has 8 heteroatoms. The Morgan fingerprint density at radius 1 is 1.00 bits per heavy atom. The van der Waals surface area contributed by atoms with E-state index in [9.17, 15) is 14.4 Å². The monoisotopic (exact) mass is 406 g/mol. The normalized spacial score (nSPS) is 11.4. The minimum Gasteiger partial charge on any atom is -0.460 e. The molecule has 3 aromatic rings. The van der Waals surface area contributed by atoms with Gasteiger partial charge in [-0.15, -0.1) is 0 Å². The molecule has 0 aliphatic heterocycles. The van der Waals surface area contributed by atoms with Crippen LogP contribution < -0.4 is 10.6 Å². The van der Waals surface area contributed by atoms with Gasteiger partial charge in [0.25, 0.3) is 11.8 Å². The van der Waals surface area contributed by atoms with Gasteiger partial charge in [-0.25, -0.2) is 4.98 Å². The first-order chi connectivity index (χ1) is 14.5. The number of aromatic nitrogens is 2. The average Bonchev–Trinajstić information content (AvgIpc) is 3.27. The summed E-state index contributed by atoms with van der Waals surface area (Å²) in [6.45, 7) is 1.62. The number of benzene rings is 2. The molecule has 2 aromatic carbocycles. The Morgan fingerprint density at radius 2 is 1.67 bits per heavy atom. The predicted octanol–water partition coefficient (Wildman–Crippen LogP) is 2.37. The van der Waals surface area contributed by atoms with Crippen molar-refractivity contribution >= 4 is 17.8 Å². The Kier molecular flexibility index (Phi) is 6.94. The smallest absolute Gasteiger partial charge is 0.325 e. The molecule has 0 saturated heterocycles. The van der Waals surface area contributed by atoms with Crippen LogP contribution in [-0.2, 0) is 16.1 Å². The second-order valence-electron chi connectivity index (χ2n) is 6.56. The van der Waals surface area contributed by atoms with Crippen LogP contribution in [0.4, 0.5) is 0 Å². The highest BCUT2D eigenvalue weighted by Crippen LogP contribution is 2.13. The number of hydrogen-bond acceptors (Lipinski definition) is 5. The highest BCUT2D eigenvalue weighted by molar-refractivity contribution is 6.05. The van der Waals surface area contributed by atoms with Crippen LogP contribution in [-0.4, -0.2) is 34.3 Å². The fourth-order valence-corrected chi connectivity index (χ4v) is 2.76. The summed E-state index contributed by atoms with van der Waals surface area (Å²) >= 11 is 0. The standard InChI is InChI=1S/C22H22N4O4/c1-15(17-10-6-3-7-11-17)26-22(29)20-19(24-14-25-20)21(28)23-12-18(27)30-13-16-8-4-2-5-9-16/h2-11,14-15H,12-13H2,1H3,(H,23,28)(H,24,25)(H,26,29)/t15-/m0/s1. The Bertz CT molecular complexity index is 1000. The van der Waals surface area contributed by atoms with Gasteiger partial charge in [-0.1, -0.05) is 60.7 Å². The number of esters is 1. The van der Waals surface area contributed by atoms with E-state index in [1.807, 2.05) is 67.6 Å². The number of carbonyl (C=O) groups excluding carboxylic acids is 3. The molecule has 1 heterocycles. The van der Waals surface area contributed by atoms with Crippen LogP contribution in [0, 0.1) is 0 Å². The maximum absolute atomic E-state index is 12.5. The van der Waals surface area contributed by atoms with Crippen molar-refractivity contribution < 1.29 is 19.1 Å². The van der Waals surface area contributed by atoms with E-state index in [0.717, 1.165) is 11.1 Å². The van der Waals surface area contributed by atoms with Crippen molar-refractivity contribution in [3.05, 3.63) is 89.5 Å². The molecule has 0 fully saturated rings. The number of amides is 2. The zero-order valence-electron chi connectivity index (χ0n) is 16.4. The summed E-state index contributed by atoms with van der Waals surface area (Å²) in [5.41, 5.74) is 1.70. The maximum atomic E-state index is 12.5. The quantitative estimate of drug-likeness (QED) is 0.497. The van der Waals surface area contributed by atoms with Gasteiger partial charge in [0, 0.05) is 0 Å². The minimum absolute atomic E-state index is 0.0244. The van der Waals surface area contributed by atoms with Crippen LogP contribution in [0.25, 0.3) is 0 Å². The number of hydrogen-bond donors (Lipinski definition) is 3. The maximum Gasteiger partial charge on any atom is 0.325 e. The number of nitrogens with zero attached hydrogens (tertiary/aromatic N) is 1. The molecule has 0 radical (unpaired) electrons. The van der Waals surface area contributed by atoms with Crippen LogP contribution in [0.15, 0.2) is 67.0 Å². The third-order valence-electron chi connectivity index (χ3n) is 4.36. The first-order valence-electron chi connectivity index (χ1n) is 9.41. The lowest BCUT2D eigenvalue weighted by Gasteiger charge is -2.14. The summed E-state index contributed by atoms with van der Waals surface area (Å²) in [7, 11) is 0. The molecule has 3 N–H and O–H groups in total. The van der Waals surface area contributed by atoms with Gasteiger partial charge in [-0.05, 0) is 18.1 Å². The topological polar surface area (TPSA) is 113 Å². The second-order valence-corrected chi connectivity index (χ2v) is 6.56. The fourth-order valence-electron chi connectivity index (χ4n) is 2.76. The molecular weight excluding hydrogens is 384 g/mol. The van der Waals surface area contributed by atoms with Crippen molar-refractivity contribution in [3.8, 4) is 0 Å². The lowest BCUT2D eigenvalue weighted by Crippen LogP contribution is -2.34. The number of H-pyrrole nitrogens is 1. The minimum atomic E-state index is -0.623. The van der Waals surface area contributed by atoms with E-state index >= 15 is 0 Å². The second kappa shape index (κ2) is 10.0. The summed E-state index contributed by atoms with van der Waals surface area (Å²) in [5, 5.41) is 5.24. The predicted molar refractivity (Wildman–Crippen MR) is 109 cm³/mol. The van der Waals surface area contributed by atoms with Crippen LogP contribution in [0.1, 0.15) is 45.1 Å². The highest BCUT2D eigenvalue weighted by atomic mass is 16.5. The summed E-state index contributed by atoms with van der Waals surface area (Å²) in [6, 6.07) is 18.4. The number of rotatable bonds is 8. The zero-order chi connectivity index (χ0) is 21.3. The van der Waals surface area contributed by atoms with Gasteiger partial charge in [0.15, 0.2) is 5.69 Å². The molecule has 0 unspecified atom stereocenters. The summed E-state index contributed by atoms with van der Waals surface area (Å²) in [5.74, 6) is -1.71. The lowest BCUT2D eigenvalue weighted by atomic mass is 10.1. The van der Waals surface area contributed by atoms with Gasteiger partial charge in [-0.2, -0.15) is 0 Å². The highest BCUT2D eigenvalue weighted by Gasteiger charge is 2.22. The van der Waals surface area contributed by atoms with E-state index in [-0.39, 0.29) is 30.6 Å². The molecule has 0 spiro atoms. The van der Waals surface area contributed by atoms with Crippen molar-refractivity contribution in [1.82, 2.24) is 20.6 Å². The van der Waals surface area contributed by atoms with E-state index in [4.69, 9.17) is 4.74 Å². The number of carbonyl (C=O) groups is 3. The van der Waals surface area contributed by atoms with E-state index in [1.165, 1.54) is 6.33 Å². The van der Waals surface area contributed by atoms with Crippen LogP contribution >= 0.6 is 0 Å². The summed E-state index contributed by atoms with van der Waals surface area (Å²) in [6.07, 6.45) is 1.25. The van der Waals surface area contributed by atoms with Crippen molar-refractivity contribution in [1.29, 1.82) is 0 Å². The van der Waals surface area contributed by atoms with Gasteiger partial charge in [0.05, 0.1) is 12.4 Å². The molecule has 2 amide bonds. The van der Waals surface area contributed by atoms with Gasteiger partial charge >= 0.3 is 5.97 Å². The van der Waals surface area contributed by atoms with E-state index in [1.54, 1.807) is 0 Å². The average molecular weight is 406 g/mol. The van der Waals surface area contributed by atoms with Crippen LogP contribution in [0.3, 0.4) is 0 Å². The molecular formula is C22H22N4O4. The Morgan fingerprint density at radius 3 is 2.37 bits per heavy atom. The molecule has 0 aliphatic rings. The van der Waals surface area contributed by atoms with Gasteiger partial charge in [0.1, 0.15) is 18.8 Å².